The summed E-state index contributed by atoms with van der Waals surface area (Å²) in [6.07, 6.45) is 2.81. The molecule has 0 aliphatic heterocycles. The molecule has 1 aromatic heterocycles. The number of methoxy groups -OCH3 is 1. The molecular formula is C19H16F2N2O3. The van der Waals surface area contributed by atoms with Gasteiger partial charge in [-0.2, -0.15) is 0 Å². The molecule has 0 radical (unpaired) electrons. The van der Waals surface area contributed by atoms with Gasteiger partial charge in [0.25, 0.3) is 0 Å². The van der Waals surface area contributed by atoms with Crippen LogP contribution in [0, 0.1) is 18.6 Å². The Morgan fingerprint density at radius 3 is 2.46 bits per heavy atom. The van der Waals surface area contributed by atoms with Crippen LogP contribution in [0.1, 0.15) is 11.1 Å². The Bertz CT molecular complexity index is 1090. The minimum Gasteiger partial charge on any atom is -0.494 e. The minimum absolute atomic E-state index is 0.0258. The third kappa shape index (κ3) is 3.28. The first-order valence-corrected chi connectivity index (χ1v) is 7.81. The van der Waals surface area contributed by atoms with Gasteiger partial charge in [0.15, 0.2) is 11.6 Å². The largest absolute Gasteiger partial charge is 0.494 e. The number of hydrogen-bond acceptors (Lipinski definition) is 3. The molecule has 0 saturated heterocycles. The van der Waals surface area contributed by atoms with Crippen LogP contribution < -0.4 is 15.9 Å². The summed E-state index contributed by atoms with van der Waals surface area (Å²) < 4.78 is 34.4. The van der Waals surface area contributed by atoms with E-state index >= 15 is 0 Å². The zero-order chi connectivity index (χ0) is 18.8. The Kier molecular flexibility index (Phi) is 4.71. The van der Waals surface area contributed by atoms with E-state index in [2.05, 4.69) is 0 Å². The Morgan fingerprint density at radius 1 is 1.00 bits per heavy atom. The van der Waals surface area contributed by atoms with Gasteiger partial charge in [-0.15, -0.1) is 0 Å². The standard InChI is InChI=1S/C19H16F2N2O3/c1-12-3-5-14(20)10-16(12)23-8-7-22(18(24)19(23)25)11-13-4-6-17(26-2)15(21)9-13/h3-10H,11H2,1-2H3. The molecule has 3 rings (SSSR count). The lowest BCUT2D eigenvalue weighted by molar-refractivity contribution is 0.386. The molecule has 0 aliphatic rings. The summed E-state index contributed by atoms with van der Waals surface area (Å²) in [4.78, 5) is 24.8. The summed E-state index contributed by atoms with van der Waals surface area (Å²) in [7, 11) is 1.36. The number of aromatic nitrogens is 2. The molecule has 1 heterocycles. The molecule has 2 aromatic carbocycles. The Labute approximate surface area is 147 Å². The fraction of sp³-hybridized carbons (Fsp3) is 0.158. The normalized spacial score (nSPS) is 10.8. The number of benzene rings is 2. The molecule has 0 bridgehead atoms. The van der Waals surface area contributed by atoms with E-state index in [9.17, 15) is 18.4 Å². The highest BCUT2D eigenvalue weighted by molar-refractivity contribution is 5.40. The second kappa shape index (κ2) is 6.95. The van der Waals surface area contributed by atoms with Gasteiger partial charge in [0.05, 0.1) is 19.3 Å². The van der Waals surface area contributed by atoms with Crippen LogP contribution in [0.2, 0.25) is 0 Å². The molecule has 7 heteroatoms. The van der Waals surface area contributed by atoms with Gasteiger partial charge >= 0.3 is 11.1 Å². The first-order chi connectivity index (χ1) is 12.4. The molecule has 0 spiro atoms. The molecule has 0 atom stereocenters. The summed E-state index contributed by atoms with van der Waals surface area (Å²) >= 11 is 0. The van der Waals surface area contributed by atoms with Crippen molar-refractivity contribution in [3.63, 3.8) is 0 Å². The van der Waals surface area contributed by atoms with E-state index < -0.39 is 22.8 Å². The zero-order valence-corrected chi connectivity index (χ0v) is 14.2. The van der Waals surface area contributed by atoms with Crippen LogP contribution in [0.25, 0.3) is 5.69 Å². The van der Waals surface area contributed by atoms with Gasteiger partial charge in [0.1, 0.15) is 5.82 Å². The first kappa shape index (κ1) is 17.6. The van der Waals surface area contributed by atoms with Crippen molar-refractivity contribution in [1.29, 1.82) is 0 Å². The maximum atomic E-state index is 13.8. The molecule has 26 heavy (non-hydrogen) atoms. The fourth-order valence-corrected chi connectivity index (χ4v) is 2.67. The highest BCUT2D eigenvalue weighted by Gasteiger charge is 2.11. The third-order valence-corrected chi connectivity index (χ3v) is 4.06. The lowest BCUT2D eigenvalue weighted by Crippen LogP contribution is -2.40. The van der Waals surface area contributed by atoms with Crippen molar-refractivity contribution in [2.45, 2.75) is 13.5 Å². The van der Waals surface area contributed by atoms with Crippen LogP contribution in [0.5, 0.6) is 5.75 Å². The predicted octanol–water partition coefficient (Wildman–Crippen LogP) is 2.64. The van der Waals surface area contributed by atoms with Crippen LogP contribution >= 0.6 is 0 Å². The molecule has 3 aromatic rings. The highest BCUT2D eigenvalue weighted by Crippen LogP contribution is 2.18. The van der Waals surface area contributed by atoms with Crippen molar-refractivity contribution < 1.29 is 13.5 Å². The number of aryl methyl sites for hydroxylation is 1. The summed E-state index contributed by atoms with van der Waals surface area (Å²) in [5, 5.41) is 0. The number of halogens is 2. The van der Waals surface area contributed by atoms with Gasteiger partial charge in [-0.25, -0.2) is 8.78 Å². The average Bonchev–Trinajstić information content (AvgIpc) is 2.62. The van der Waals surface area contributed by atoms with E-state index in [0.717, 1.165) is 4.57 Å². The molecule has 0 saturated carbocycles. The van der Waals surface area contributed by atoms with Gasteiger partial charge in [-0.1, -0.05) is 12.1 Å². The molecule has 0 N–H and O–H groups in total. The van der Waals surface area contributed by atoms with Crippen molar-refractivity contribution >= 4 is 0 Å². The number of rotatable bonds is 4. The van der Waals surface area contributed by atoms with Crippen molar-refractivity contribution in [3.05, 3.63) is 92.3 Å². The SMILES string of the molecule is COc1ccc(Cn2ccn(-c3cc(F)ccc3C)c(=O)c2=O)cc1F. The number of ether oxygens (including phenoxy) is 1. The molecule has 0 amide bonds. The van der Waals surface area contributed by atoms with Crippen LogP contribution in [0.4, 0.5) is 8.78 Å². The van der Waals surface area contributed by atoms with Crippen LogP contribution in [0.3, 0.4) is 0 Å². The van der Waals surface area contributed by atoms with E-state index in [1.54, 1.807) is 13.0 Å². The zero-order valence-electron chi connectivity index (χ0n) is 14.2. The maximum absolute atomic E-state index is 13.8. The summed E-state index contributed by atoms with van der Waals surface area (Å²) in [6, 6.07) is 8.31. The van der Waals surface area contributed by atoms with Crippen molar-refractivity contribution in [3.8, 4) is 11.4 Å². The van der Waals surface area contributed by atoms with E-state index in [0.29, 0.717) is 16.8 Å². The molecule has 134 valence electrons. The van der Waals surface area contributed by atoms with E-state index in [4.69, 9.17) is 4.74 Å². The number of nitrogens with zero attached hydrogens (tertiary/aromatic N) is 2. The molecule has 5 nitrogen and oxygen atoms in total. The van der Waals surface area contributed by atoms with Crippen molar-refractivity contribution in [1.82, 2.24) is 9.13 Å². The Morgan fingerprint density at radius 2 is 1.77 bits per heavy atom. The second-order valence-electron chi connectivity index (χ2n) is 5.81. The smallest absolute Gasteiger partial charge is 0.320 e. The highest BCUT2D eigenvalue weighted by atomic mass is 19.1. The molecule has 0 fully saturated rings. The van der Waals surface area contributed by atoms with E-state index in [1.807, 2.05) is 0 Å². The summed E-state index contributed by atoms with van der Waals surface area (Å²) in [5.74, 6) is -0.963. The third-order valence-electron chi connectivity index (χ3n) is 4.06. The van der Waals surface area contributed by atoms with Crippen LogP contribution in [0.15, 0.2) is 58.4 Å². The number of hydrogen-bond donors (Lipinski definition) is 0. The Balaban J connectivity index is 2.00. The van der Waals surface area contributed by atoms with Gasteiger partial charge in [0, 0.05) is 12.4 Å². The molecule has 0 aliphatic carbocycles. The molecule has 0 unspecified atom stereocenters. The maximum Gasteiger partial charge on any atom is 0.320 e. The second-order valence-corrected chi connectivity index (χ2v) is 5.81. The van der Waals surface area contributed by atoms with Gasteiger partial charge in [-0.3, -0.25) is 14.2 Å². The van der Waals surface area contributed by atoms with Gasteiger partial charge in [-0.05, 0) is 42.3 Å². The summed E-state index contributed by atoms with van der Waals surface area (Å²) in [6.45, 7) is 1.74. The van der Waals surface area contributed by atoms with Crippen LogP contribution in [-0.2, 0) is 6.54 Å². The average molecular weight is 358 g/mol. The quantitative estimate of drug-likeness (QED) is 0.674. The van der Waals surface area contributed by atoms with Crippen molar-refractivity contribution in [2.75, 3.05) is 7.11 Å². The predicted molar refractivity (Wildman–Crippen MR) is 93.0 cm³/mol. The van der Waals surface area contributed by atoms with Crippen molar-refractivity contribution in [2.24, 2.45) is 0 Å². The van der Waals surface area contributed by atoms with E-state index in [-0.39, 0.29) is 12.3 Å². The van der Waals surface area contributed by atoms with Gasteiger partial charge in [0.2, 0.25) is 0 Å². The topological polar surface area (TPSA) is 53.2 Å². The van der Waals surface area contributed by atoms with Gasteiger partial charge < -0.3 is 9.30 Å². The first-order valence-electron chi connectivity index (χ1n) is 7.81. The van der Waals surface area contributed by atoms with Crippen LogP contribution in [-0.4, -0.2) is 16.2 Å². The summed E-state index contributed by atoms with van der Waals surface area (Å²) in [5.41, 5.74) is -0.135. The fourth-order valence-electron chi connectivity index (χ4n) is 2.67. The molecular weight excluding hydrogens is 342 g/mol. The Hall–Kier alpha value is -3.22. The van der Waals surface area contributed by atoms with E-state index in [1.165, 1.54) is 54.4 Å². The lowest BCUT2D eigenvalue weighted by atomic mass is 10.2. The monoisotopic (exact) mass is 358 g/mol. The lowest BCUT2D eigenvalue weighted by Gasteiger charge is -2.12. The minimum atomic E-state index is -0.810.